The van der Waals surface area contributed by atoms with Crippen molar-refractivity contribution >= 4 is 36.6 Å². The second-order valence-corrected chi connectivity index (χ2v) is 19.1. The number of hydrogen-bond donors (Lipinski definition) is 0. The van der Waals surface area contributed by atoms with Gasteiger partial charge in [0.2, 0.25) is 0 Å². The minimum Gasteiger partial charge on any atom is -0.0119 e. The van der Waals surface area contributed by atoms with E-state index >= 15 is 0 Å². The minimum atomic E-state index is 0.653. The summed E-state index contributed by atoms with van der Waals surface area (Å²) >= 11 is 0. The van der Waals surface area contributed by atoms with Crippen molar-refractivity contribution in [3.05, 3.63) is 0 Å². The van der Waals surface area contributed by atoms with Crippen molar-refractivity contribution in [3.63, 3.8) is 0 Å². The fourth-order valence-electron chi connectivity index (χ4n) is 0. The summed E-state index contributed by atoms with van der Waals surface area (Å²) < 4.78 is 0. The highest BCUT2D eigenvalue weighted by Gasteiger charge is 1.61. The van der Waals surface area contributed by atoms with Crippen LogP contribution in [0.5, 0.6) is 0 Å². The van der Waals surface area contributed by atoms with Crippen LogP contribution in [0.3, 0.4) is 0 Å². The molecule has 4 heteroatoms. The summed E-state index contributed by atoms with van der Waals surface area (Å²) in [6.07, 6.45) is 0. The molecule has 2 radical (unpaired) electrons. The Bertz CT molecular complexity index is 2.00. The maximum Gasteiger partial charge on any atom is -0.00340 e. The van der Waals surface area contributed by atoms with Crippen LogP contribution in [-0.4, -0.2) is 36.6 Å². The predicted octanol–water partition coefficient (Wildman–Crippen LogP) is -3.66. The monoisotopic (exact) mass is 120 g/mol. The minimum absolute atomic E-state index is 0.653. The normalized spacial score (nSPS) is 12.0. The Hall–Kier alpha value is 0.868. The molecule has 0 aromatic heterocycles. The van der Waals surface area contributed by atoms with Gasteiger partial charge in [0, 0.05) is 0 Å². The Balaban J connectivity index is 1.97. The van der Waals surface area contributed by atoms with Gasteiger partial charge in [0.15, 0.2) is 0 Å². The van der Waals surface area contributed by atoms with Crippen LogP contribution in [0.25, 0.3) is 0 Å². The van der Waals surface area contributed by atoms with E-state index in [2.05, 4.69) is 0 Å². The van der Waals surface area contributed by atoms with E-state index in [1.807, 2.05) is 0 Å². The van der Waals surface area contributed by atoms with Crippen molar-refractivity contribution in [2.75, 3.05) is 0 Å². The smallest absolute Gasteiger partial charge is 0.00340 e. The third-order valence-corrected chi connectivity index (χ3v) is 28.6. The van der Waals surface area contributed by atoms with Crippen LogP contribution < -0.4 is 0 Å². The lowest BCUT2D eigenvalue weighted by atomic mass is 26.5. The van der Waals surface area contributed by atoms with E-state index in [1.165, 1.54) is 18.3 Å². The number of hydrogen-bond acceptors (Lipinski definition) is 0. The molecule has 0 spiro atoms. The maximum absolute atomic E-state index is 1.58. The Morgan fingerprint density at radius 2 is 2.00 bits per heavy atom. The SMILES string of the molecule is [SiH3][Si][SiH2][SiH3]. The summed E-state index contributed by atoms with van der Waals surface area (Å²) in [5.41, 5.74) is 0. The van der Waals surface area contributed by atoms with Gasteiger partial charge < -0.3 is 0 Å². The molecule has 0 aromatic rings. The zero-order chi connectivity index (χ0) is 3.41. The predicted molar refractivity (Wildman–Crippen MR) is 34.2 cm³/mol. The Morgan fingerprint density at radius 1 is 1.75 bits per heavy atom. The molecule has 0 N–H and O–H groups in total. The topological polar surface area (TPSA) is 0 Å². The second kappa shape index (κ2) is 3.87. The Labute approximate surface area is 37.2 Å². The average molecular weight is 120 g/mol. The van der Waals surface area contributed by atoms with Crippen molar-refractivity contribution in [1.29, 1.82) is 0 Å². The highest BCUT2D eigenvalue weighted by Crippen LogP contribution is 1.24. The van der Waals surface area contributed by atoms with E-state index in [1.54, 1.807) is 9.76 Å². The van der Waals surface area contributed by atoms with E-state index in [0.29, 0.717) is 8.55 Å². The van der Waals surface area contributed by atoms with E-state index in [-0.39, 0.29) is 0 Å². The summed E-state index contributed by atoms with van der Waals surface area (Å²) in [7, 11) is 5.22. The molecule has 0 atom stereocenters. The molecule has 0 fully saturated rings. The first-order valence-corrected chi connectivity index (χ1v) is 14.0. The summed E-state index contributed by atoms with van der Waals surface area (Å²) in [5.74, 6) is 0. The standard InChI is InChI=1S/H8Si4/c1-3-4-2/h3H2,1-2H3. The molecule has 0 aliphatic heterocycles. The first kappa shape index (κ1) is 4.87. The molecule has 0 aliphatic carbocycles. The largest absolute Gasteiger partial charge is 0.0119 e. The fraction of sp³-hybridized carbons (Fsp3) is 0. The van der Waals surface area contributed by atoms with Gasteiger partial charge in [-0.15, -0.1) is 0 Å². The molecule has 0 saturated carbocycles. The molecule has 24 valence electrons. The van der Waals surface area contributed by atoms with E-state index < -0.39 is 0 Å². The van der Waals surface area contributed by atoms with Crippen LogP contribution in [0.1, 0.15) is 0 Å². The second-order valence-electron chi connectivity index (χ2n) is 0.707. The lowest BCUT2D eigenvalue weighted by Crippen LogP contribution is -2.00. The molecular formula is H8Si4. The first-order valence-electron chi connectivity index (χ1n) is 1.56. The average Bonchev–Trinajstić information content (AvgIpc) is 1.37. The molecule has 0 bridgehead atoms. The lowest BCUT2D eigenvalue weighted by molar-refractivity contribution is 4.14. The van der Waals surface area contributed by atoms with E-state index in [9.17, 15) is 0 Å². The van der Waals surface area contributed by atoms with Crippen molar-refractivity contribution in [1.82, 2.24) is 0 Å². The summed E-state index contributed by atoms with van der Waals surface area (Å²) in [5, 5.41) is 0. The van der Waals surface area contributed by atoms with Crippen LogP contribution in [-0.2, 0) is 0 Å². The van der Waals surface area contributed by atoms with E-state index in [0.717, 1.165) is 0 Å². The van der Waals surface area contributed by atoms with Gasteiger partial charge in [-0.3, -0.25) is 0 Å². The van der Waals surface area contributed by atoms with Crippen molar-refractivity contribution < 1.29 is 0 Å². The molecule has 0 unspecified atom stereocenters. The van der Waals surface area contributed by atoms with Gasteiger partial charge in [0.25, 0.3) is 0 Å². The molecule has 0 saturated heterocycles. The lowest BCUT2D eigenvalue weighted by Gasteiger charge is -1.62. The van der Waals surface area contributed by atoms with Crippen LogP contribution >= 0.6 is 0 Å². The van der Waals surface area contributed by atoms with Gasteiger partial charge in [0.05, 0.1) is 0 Å². The molecule has 0 aliphatic rings. The Kier molecular flexibility index (Phi) is 4.71. The van der Waals surface area contributed by atoms with E-state index in [4.69, 9.17) is 0 Å². The van der Waals surface area contributed by atoms with Crippen LogP contribution in [0.2, 0.25) is 0 Å². The van der Waals surface area contributed by atoms with Gasteiger partial charge in [-0.2, -0.15) is 0 Å². The number of rotatable bonds is 1. The summed E-state index contributed by atoms with van der Waals surface area (Å²) in [6.45, 7) is 0. The van der Waals surface area contributed by atoms with Crippen molar-refractivity contribution in [3.8, 4) is 0 Å². The summed E-state index contributed by atoms with van der Waals surface area (Å²) in [4.78, 5) is 0. The van der Waals surface area contributed by atoms with Crippen LogP contribution in [0, 0.1) is 0 Å². The van der Waals surface area contributed by atoms with Gasteiger partial charge >= 0.3 is 0 Å². The molecule has 0 amide bonds. The van der Waals surface area contributed by atoms with Crippen LogP contribution in [0.4, 0.5) is 0 Å². The molecule has 4 heavy (non-hydrogen) atoms. The highest BCUT2D eigenvalue weighted by atomic mass is 29.7. The molecular weight excluding hydrogens is 112 g/mol. The Morgan fingerprint density at radius 3 is 2.00 bits per heavy atom. The molecule has 0 aromatic carbocycles. The van der Waals surface area contributed by atoms with Crippen molar-refractivity contribution in [2.45, 2.75) is 0 Å². The van der Waals surface area contributed by atoms with Gasteiger partial charge in [-0.05, 0) is 36.6 Å². The van der Waals surface area contributed by atoms with Crippen LogP contribution in [0.15, 0.2) is 0 Å². The van der Waals surface area contributed by atoms with Gasteiger partial charge in [-0.25, -0.2) is 0 Å². The third kappa shape index (κ3) is 2.87. The summed E-state index contributed by atoms with van der Waals surface area (Å²) in [6, 6.07) is 0. The first-order chi connectivity index (χ1) is 1.91. The quantitative estimate of drug-likeness (QED) is 0.313. The molecule has 0 heterocycles. The van der Waals surface area contributed by atoms with Gasteiger partial charge in [0.1, 0.15) is 0 Å². The third-order valence-electron chi connectivity index (χ3n) is 0.354. The fourth-order valence-corrected chi connectivity index (χ4v) is 0. The van der Waals surface area contributed by atoms with Gasteiger partial charge in [-0.1, -0.05) is 0 Å². The zero-order valence-electron chi connectivity index (χ0n) is 3.21. The van der Waals surface area contributed by atoms with Crippen molar-refractivity contribution in [2.24, 2.45) is 0 Å². The highest BCUT2D eigenvalue weighted by molar-refractivity contribution is 7.37. The maximum atomic E-state index is 1.58. The molecule has 0 nitrogen and oxygen atoms in total. The zero-order valence-corrected chi connectivity index (χ0v) is 9.62. The molecule has 0 rings (SSSR count).